The number of hydrogen-bond donors (Lipinski definition) is 2. The highest BCUT2D eigenvalue weighted by molar-refractivity contribution is 9.10. The highest BCUT2D eigenvalue weighted by atomic mass is 79.9. The maximum Gasteiger partial charge on any atom is 0.341 e. The molecule has 0 atom stereocenters. The number of halogens is 1. The Morgan fingerprint density at radius 3 is 2.81 bits per heavy atom. The zero-order chi connectivity index (χ0) is 22.0. The number of ether oxygens (including phenoxy) is 1. The largest absolute Gasteiger partial charge is 0.465 e. The molecule has 8 nitrogen and oxygen atoms in total. The summed E-state index contributed by atoms with van der Waals surface area (Å²) >= 11 is 6.22. The number of carbonyl (C=O) groups is 2. The third-order valence-corrected chi connectivity index (χ3v) is 7.57. The molecule has 2 heterocycles. The van der Waals surface area contributed by atoms with Crippen molar-refractivity contribution in [1.82, 2.24) is 14.9 Å². The lowest BCUT2D eigenvalue weighted by Crippen LogP contribution is -2.15. The zero-order valence-corrected chi connectivity index (χ0v) is 19.9. The molecule has 0 saturated carbocycles. The molecule has 2 aromatic heterocycles. The molecule has 1 aliphatic carbocycles. The lowest BCUT2D eigenvalue weighted by Gasteiger charge is -2.07. The van der Waals surface area contributed by atoms with Crippen molar-refractivity contribution in [1.29, 1.82) is 0 Å². The number of nitrogen functional groups attached to an aromatic ring is 1. The minimum Gasteiger partial charge on any atom is -0.465 e. The molecule has 1 aliphatic rings. The van der Waals surface area contributed by atoms with Gasteiger partial charge in [-0.2, -0.15) is 0 Å². The molecule has 0 fully saturated rings. The highest BCUT2D eigenvalue weighted by Crippen LogP contribution is 2.39. The molecule has 0 radical (unpaired) electrons. The molecule has 31 heavy (non-hydrogen) atoms. The van der Waals surface area contributed by atoms with Crippen LogP contribution < -0.4 is 11.2 Å². The molecule has 0 aliphatic heterocycles. The maximum atomic E-state index is 12.5. The summed E-state index contributed by atoms with van der Waals surface area (Å²) in [5.74, 6) is 6.58. The average Bonchev–Trinajstić information content (AvgIpc) is 3.43. The van der Waals surface area contributed by atoms with E-state index in [2.05, 4.69) is 31.4 Å². The number of aromatic nitrogens is 3. The number of rotatable bonds is 7. The number of nitrogens with one attached hydrogen (secondary N) is 1. The number of nitrogens with two attached hydrogens (primary N) is 1. The monoisotopic (exact) mass is 521 g/mol. The molecule has 0 spiro atoms. The second-order valence-corrected chi connectivity index (χ2v) is 9.97. The van der Waals surface area contributed by atoms with Gasteiger partial charge in [-0.3, -0.25) is 4.79 Å². The predicted octanol–water partition coefficient (Wildman–Crippen LogP) is 3.88. The van der Waals surface area contributed by atoms with Crippen molar-refractivity contribution in [2.45, 2.75) is 30.8 Å². The van der Waals surface area contributed by atoms with Gasteiger partial charge in [-0.1, -0.05) is 39.8 Å². The van der Waals surface area contributed by atoms with Gasteiger partial charge in [-0.25, -0.2) is 9.47 Å². The van der Waals surface area contributed by atoms with Gasteiger partial charge in [-0.05, 0) is 37.0 Å². The van der Waals surface area contributed by atoms with Crippen molar-refractivity contribution in [2.24, 2.45) is 0 Å². The first-order valence-corrected chi connectivity index (χ1v) is 12.2. The summed E-state index contributed by atoms with van der Waals surface area (Å²) in [5.41, 5.74) is 2.36. The van der Waals surface area contributed by atoms with Crippen LogP contribution in [0.2, 0.25) is 0 Å². The SMILES string of the molecule is COC(=O)c1c(NC(=O)CCSc2nnc(-c3ccc(Br)cc3)n2N)sc2c1CCC2. The number of hydrogen-bond acceptors (Lipinski definition) is 8. The highest BCUT2D eigenvalue weighted by Gasteiger charge is 2.28. The zero-order valence-electron chi connectivity index (χ0n) is 16.7. The van der Waals surface area contributed by atoms with E-state index in [-0.39, 0.29) is 12.3 Å². The molecule has 1 aromatic carbocycles. The third-order valence-electron chi connectivity index (χ3n) is 4.89. The van der Waals surface area contributed by atoms with Crippen LogP contribution in [0.5, 0.6) is 0 Å². The third kappa shape index (κ3) is 4.63. The molecule has 0 bridgehead atoms. The van der Waals surface area contributed by atoms with Crippen LogP contribution in [-0.2, 0) is 22.4 Å². The first-order valence-electron chi connectivity index (χ1n) is 9.60. The van der Waals surface area contributed by atoms with E-state index in [0.717, 1.165) is 39.7 Å². The molecule has 0 unspecified atom stereocenters. The summed E-state index contributed by atoms with van der Waals surface area (Å²) in [6, 6.07) is 7.61. The van der Waals surface area contributed by atoms with Gasteiger partial charge in [0.15, 0.2) is 5.82 Å². The Morgan fingerprint density at radius 2 is 2.06 bits per heavy atom. The second-order valence-electron chi connectivity index (χ2n) is 6.88. The number of aryl methyl sites for hydroxylation is 1. The summed E-state index contributed by atoms with van der Waals surface area (Å²) in [6.07, 6.45) is 3.05. The number of thiophene rings is 1. The van der Waals surface area contributed by atoms with E-state index in [0.29, 0.717) is 27.3 Å². The van der Waals surface area contributed by atoms with Crippen LogP contribution in [0.15, 0.2) is 33.9 Å². The lowest BCUT2D eigenvalue weighted by atomic mass is 10.1. The summed E-state index contributed by atoms with van der Waals surface area (Å²) in [4.78, 5) is 25.8. The van der Waals surface area contributed by atoms with E-state index in [1.165, 1.54) is 34.9 Å². The number of amides is 1. The molecule has 3 aromatic rings. The van der Waals surface area contributed by atoms with Crippen molar-refractivity contribution in [3.63, 3.8) is 0 Å². The summed E-state index contributed by atoms with van der Waals surface area (Å²) in [6.45, 7) is 0. The smallest absolute Gasteiger partial charge is 0.341 e. The topological polar surface area (TPSA) is 112 Å². The number of nitrogens with zero attached hydrogens (tertiary/aromatic N) is 3. The van der Waals surface area contributed by atoms with Crippen LogP contribution in [-0.4, -0.2) is 39.6 Å². The molecular formula is C20H20BrN5O3S2. The first-order chi connectivity index (χ1) is 15.0. The number of carbonyl (C=O) groups excluding carboxylic acids is 2. The summed E-state index contributed by atoms with van der Waals surface area (Å²) in [5, 5.41) is 12.3. The molecule has 11 heteroatoms. The fourth-order valence-electron chi connectivity index (χ4n) is 3.41. The number of fused-ring (bicyclic) bond motifs is 1. The molecular weight excluding hydrogens is 502 g/mol. The van der Waals surface area contributed by atoms with Gasteiger partial charge in [0, 0.05) is 27.1 Å². The number of anilines is 1. The molecule has 162 valence electrons. The number of esters is 1. The van der Waals surface area contributed by atoms with Crippen molar-refractivity contribution in [2.75, 3.05) is 24.0 Å². The van der Waals surface area contributed by atoms with Gasteiger partial charge >= 0.3 is 5.97 Å². The van der Waals surface area contributed by atoms with E-state index in [9.17, 15) is 9.59 Å². The Kier molecular flexibility index (Phi) is 6.63. The van der Waals surface area contributed by atoms with Gasteiger partial charge in [0.25, 0.3) is 0 Å². The Bertz CT molecular complexity index is 1130. The van der Waals surface area contributed by atoms with Gasteiger partial charge in [0.05, 0.1) is 12.7 Å². The average molecular weight is 522 g/mol. The molecule has 1 amide bonds. The van der Waals surface area contributed by atoms with Gasteiger partial charge in [-0.15, -0.1) is 21.5 Å². The van der Waals surface area contributed by atoms with Crippen LogP contribution in [0.4, 0.5) is 5.00 Å². The van der Waals surface area contributed by atoms with Crippen molar-refractivity contribution < 1.29 is 14.3 Å². The maximum absolute atomic E-state index is 12.5. The van der Waals surface area contributed by atoms with Gasteiger partial charge in [0.2, 0.25) is 11.1 Å². The second kappa shape index (κ2) is 9.41. The van der Waals surface area contributed by atoms with E-state index >= 15 is 0 Å². The Balaban J connectivity index is 1.37. The van der Waals surface area contributed by atoms with E-state index in [1.807, 2.05) is 24.3 Å². The van der Waals surface area contributed by atoms with Crippen LogP contribution in [0.25, 0.3) is 11.4 Å². The van der Waals surface area contributed by atoms with E-state index in [1.54, 1.807) is 0 Å². The Morgan fingerprint density at radius 1 is 1.29 bits per heavy atom. The normalized spacial score (nSPS) is 12.6. The van der Waals surface area contributed by atoms with Crippen molar-refractivity contribution in [3.05, 3.63) is 44.7 Å². The summed E-state index contributed by atoms with van der Waals surface area (Å²) in [7, 11) is 1.36. The van der Waals surface area contributed by atoms with Crippen molar-refractivity contribution in [3.8, 4) is 11.4 Å². The van der Waals surface area contributed by atoms with Crippen LogP contribution in [0, 0.1) is 0 Å². The molecule has 3 N–H and O–H groups in total. The van der Waals surface area contributed by atoms with E-state index < -0.39 is 5.97 Å². The Labute approximate surface area is 195 Å². The number of benzene rings is 1. The minimum atomic E-state index is -0.402. The minimum absolute atomic E-state index is 0.172. The lowest BCUT2D eigenvalue weighted by molar-refractivity contribution is -0.115. The van der Waals surface area contributed by atoms with Crippen molar-refractivity contribution >= 4 is 55.9 Å². The standard InChI is InChI=1S/C20H20BrN5O3S2/c1-29-19(28)16-13-3-2-4-14(13)31-18(16)23-15(27)9-10-30-20-25-24-17(26(20)22)11-5-7-12(21)8-6-11/h5-8H,2-4,9-10,22H2,1H3,(H,23,27). The number of methoxy groups -OCH3 is 1. The van der Waals surface area contributed by atoms with Crippen LogP contribution in [0.1, 0.15) is 33.6 Å². The fraction of sp³-hybridized carbons (Fsp3) is 0.300. The van der Waals surface area contributed by atoms with Crippen LogP contribution >= 0.6 is 39.0 Å². The van der Waals surface area contributed by atoms with Crippen LogP contribution in [0.3, 0.4) is 0 Å². The van der Waals surface area contributed by atoms with Gasteiger partial charge in [0.1, 0.15) is 5.00 Å². The first kappa shape index (κ1) is 21.8. The molecule has 0 saturated heterocycles. The van der Waals surface area contributed by atoms with E-state index in [4.69, 9.17) is 10.6 Å². The number of thioether (sulfide) groups is 1. The quantitative estimate of drug-likeness (QED) is 0.275. The fourth-order valence-corrected chi connectivity index (χ4v) is 5.76. The Hall–Kier alpha value is -2.37. The summed E-state index contributed by atoms with van der Waals surface area (Å²) < 4.78 is 7.30. The predicted molar refractivity (Wildman–Crippen MR) is 125 cm³/mol. The molecule has 4 rings (SSSR count). The van der Waals surface area contributed by atoms with Gasteiger partial charge < -0.3 is 15.9 Å².